The fourth-order valence-corrected chi connectivity index (χ4v) is 4.98. The van der Waals surface area contributed by atoms with Gasteiger partial charge in [-0.2, -0.15) is 0 Å². The van der Waals surface area contributed by atoms with Crippen LogP contribution in [0.15, 0.2) is 69.6 Å². The molecule has 1 N–H and O–H groups in total. The van der Waals surface area contributed by atoms with E-state index in [9.17, 15) is 14.4 Å². The summed E-state index contributed by atoms with van der Waals surface area (Å²) in [5.74, 6) is -1.52. The molecule has 8 nitrogen and oxygen atoms in total. The number of esters is 1. The molecule has 1 aromatic heterocycles. The molecule has 2 heterocycles. The van der Waals surface area contributed by atoms with Crippen molar-refractivity contribution in [3.63, 3.8) is 0 Å². The number of nitrogens with zero attached hydrogens (tertiary/aromatic N) is 3. The Morgan fingerprint density at radius 2 is 1.80 bits per heavy atom. The van der Waals surface area contributed by atoms with Gasteiger partial charge in [0, 0.05) is 19.8 Å². The molecule has 0 amide bonds. The van der Waals surface area contributed by atoms with Gasteiger partial charge in [0.15, 0.2) is 4.80 Å². The lowest BCUT2D eigenvalue weighted by Gasteiger charge is -2.25. The van der Waals surface area contributed by atoms with Crippen LogP contribution >= 0.6 is 11.3 Å². The van der Waals surface area contributed by atoms with Crippen molar-refractivity contribution >= 4 is 35.0 Å². The standard InChI is InChI=1S/C26H25N3O5S/c1-5-34-25(33)21-15(2)27-26-29(22(21)17-10-12-19(13-11-17)28(3)4)23(30)20(35-26)14-16-6-8-18(9-7-16)24(31)32/h6-14,22H,5H2,1-4H3,(H,31,32)/b20-14-/t22-/m0/s1. The van der Waals surface area contributed by atoms with Crippen LogP contribution in [0.25, 0.3) is 6.08 Å². The van der Waals surface area contributed by atoms with E-state index in [1.54, 1.807) is 32.1 Å². The third-order valence-electron chi connectivity index (χ3n) is 5.70. The van der Waals surface area contributed by atoms with E-state index in [2.05, 4.69) is 4.99 Å². The number of benzene rings is 2. The maximum Gasteiger partial charge on any atom is 0.338 e. The van der Waals surface area contributed by atoms with E-state index < -0.39 is 18.0 Å². The fourth-order valence-electron chi connectivity index (χ4n) is 3.93. The van der Waals surface area contributed by atoms with Gasteiger partial charge in [0.25, 0.3) is 5.56 Å². The Morgan fingerprint density at radius 3 is 2.37 bits per heavy atom. The first-order chi connectivity index (χ1) is 16.7. The second-order valence-corrected chi connectivity index (χ2v) is 9.22. The minimum Gasteiger partial charge on any atom is -0.478 e. The lowest BCUT2D eigenvalue weighted by atomic mass is 9.95. The van der Waals surface area contributed by atoms with Gasteiger partial charge in [0.05, 0.1) is 34.0 Å². The molecule has 35 heavy (non-hydrogen) atoms. The average Bonchev–Trinajstić information content (AvgIpc) is 3.13. The molecule has 0 saturated carbocycles. The molecule has 9 heteroatoms. The number of carboxylic acids is 1. The van der Waals surface area contributed by atoms with Crippen LogP contribution in [-0.4, -0.2) is 42.3 Å². The molecule has 1 aliphatic rings. The van der Waals surface area contributed by atoms with Crippen LogP contribution in [-0.2, 0) is 9.53 Å². The van der Waals surface area contributed by atoms with Gasteiger partial charge >= 0.3 is 11.9 Å². The second kappa shape index (κ2) is 9.71. The number of fused-ring (bicyclic) bond motifs is 1. The number of rotatable bonds is 6. The number of allylic oxidation sites excluding steroid dienone is 1. The lowest BCUT2D eigenvalue weighted by molar-refractivity contribution is -0.139. The van der Waals surface area contributed by atoms with E-state index in [-0.39, 0.29) is 17.7 Å². The minimum absolute atomic E-state index is 0.166. The molecular weight excluding hydrogens is 466 g/mol. The molecule has 3 aromatic rings. The molecule has 0 bridgehead atoms. The summed E-state index contributed by atoms with van der Waals surface area (Å²) in [5.41, 5.74) is 3.16. The van der Waals surface area contributed by atoms with Crippen molar-refractivity contribution in [1.29, 1.82) is 0 Å². The molecule has 0 radical (unpaired) electrons. The normalized spacial score (nSPS) is 15.4. The van der Waals surface area contributed by atoms with Crippen LogP contribution < -0.4 is 19.8 Å². The summed E-state index contributed by atoms with van der Waals surface area (Å²) in [5, 5.41) is 9.12. The van der Waals surface area contributed by atoms with Crippen LogP contribution in [0.1, 0.15) is 41.4 Å². The highest BCUT2D eigenvalue weighted by Crippen LogP contribution is 2.31. The Labute approximate surface area is 205 Å². The largest absolute Gasteiger partial charge is 0.478 e. The maximum atomic E-state index is 13.6. The molecule has 2 aromatic carbocycles. The Kier molecular flexibility index (Phi) is 6.70. The van der Waals surface area contributed by atoms with Gasteiger partial charge in [-0.25, -0.2) is 14.6 Å². The summed E-state index contributed by atoms with van der Waals surface area (Å²) in [6.45, 7) is 3.69. The number of anilines is 1. The quantitative estimate of drug-likeness (QED) is 0.532. The first-order valence-electron chi connectivity index (χ1n) is 11.0. The lowest BCUT2D eigenvalue weighted by Crippen LogP contribution is -2.39. The number of aromatic nitrogens is 1. The maximum absolute atomic E-state index is 13.6. The number of ether oxygens (including phenoxy) is 1. The summed E-state index contributed by atoms with van der Waals surface area (Å²) in [6, 6.07) is 13.3. The smallest absolute Gasteiger partial charge is 0.338 e. The Hall–Kier alpha value is -3.98. The zero-order chi connectivity index (χ0) is 25.3. The Balaban J connectivity index is 1.89. The number of carbonyl (C=O) groups excluding carboxylic acids is 1. The molecular formula is C26H25N3O5S. The van der Waals surface area contributed by atoms with Crippen LogP contribution in [0.3, 0.4) is 0 Å². The number of carbonyl (C=O) groups is 2. The SMILES string of the molecule is CCOC(=O)C1=C(C)N=c2s/c(=C\c3ccc(C(=O)O)cc3)c(=O)n2[C@H]1c1ccc(N(C)C)cc1. The van der Waals surface area contributed by atoms with Crippen LogP contribution in [0, 0.1) is 0 Å². The average molecular weight is 492 g/mol. The summed E-state index contributed by atoms with van der Waals surface area (Å²) >= 11 is 1.22. The minimum atomic E-state index is -1.02. The van der Waals surface area contributed by atoms with E-state index in [1.807, 2.05) is 43.3 Å². The van der Waals surface area contributed by atoms with Crippen molar-refractivity contribution in [2.75, 3.05) is 25.6 Å². The zero-order valence-corrected chi connectivity index (χ0v) is 20.6. The van der Waals surface area contributed by atoms with Crippen LogP contribution in [0.5, 0.6) is 0 Å². The van der Waals surface area contributed by atoms with E-state index in [1.165, 1.54) is 28.0 Å². The van der Waals surface area contributed by atoms with E-state index in [0.717, 1.165) is 11.3 Å². The van der Waals surface area contributed by atoms with Crippen molar-refractivity contribution < 1.29 is 19.4 Å². The predicted octanol–water partition coefficient (Wildman–Crippen LogP) is 2.56. The highest BCUT2D eigenvalue weighted by Gasteiger charge is 2.33. The summed E-state index contributed by atoms with van der Waals surface area (Å²) in [4.78, 5) is 44.7. The van der Waals surface area contributed by atoms with Gasteiger partial charge in [-0.05, 0) is 55.3 Å². The van der Waals surface area contributed by atoms with E-state index in [0.29, 0.717) is 26.2 Å². The molecule has 0 fully saturated rings. The number of hydrogen-bond acceptors (Lipinski definition) is 7. The van der Waals surface area contributed by atoms with Crippen molar-refractivity contribution in [2.24, 2.45) is 4.99 Å². The molecule has 180 valence electrons. The predicted molar refractivity (Wildman–Crippen MR) is 135 cm³/mol. The van der Waals surface area contributed by atoms with Gasteiger partial charge in [0.2, 0.25) is 0 Å². The highest BCUT2D eigenvalue weighted by molar-refractivity contribution is 7.07. The molecule has 4 rings (SSSR count). The molecule has 0 spiro atoms. The van der Waals surface area contributed by atoms with Gasteiger partial charge in [-0.3, -0.25) is 9.36 Å². The van der Waals surface area contributed by atoms with Crippen LogP contribution in [0.4, 0.5) is 5.69 Å². The first-order valence-corrected chi connectivity index (χ1v) is 11.8. The third-order valence-corrected chi connectivity index (χ3v) is 6.68. The van der Waals surface area contributed by atoms with Gasteiger partial charge in [0.1, 0.15) is 0 Å². The van der Waals surface area contributed by atoms with Crippen molar-refractivity contribution in [1.82, 2.24) is 4.57 Å². The topological polar surface area (TPSA) is 101 Å². The Bertz CT molecular complexity index is 1500. The first kappa shape index (κ1) is 24.2. The molecule has 0 unspecified atom stereocenters. The number of aromatic carboxylic acids is 1. The van der Waals surface area contributed by atoms with Crippen molar-refractivity contribution in [3.8, 4) is 0 Å². The number of thiazole rings is 1. The molecule has 0 aliphatic carbocycles. The molecule has 0 saturated heterocycles. The number of carboxylic acid groups (broad SMARTS) is 1. The fraction of sp³-hybridized carbons (Fsp3) is 0.231. The Morgan fingerprint density at radius 1 is 1.14 bits per heavy atom. The van der Waals surface area contributed by atoms with Gasteiger partial charge in [-0.1, -0.05) is 35.6 Å². The number of hydrogen-bond donors (Lipinski definition) is 1. The van der Waals surface area contributed by atoms with E-state index >= 15 is 0 Å². The van der Waals surface area contributed by atoms with Crippen molar-refractivity contribution in [2.45, 2.75) is 19.9 Å². The van der Waals surface area contributed by atoms with Gasteiger partial charge < -0.3 is 14.7 Å². The highest BCUT2D eigenvalue weighted by atomic mass is 32.1. The van der Waals surface area contributed by atoms with Crippen LogP contribution in [0.2, 0.25) is 0 Å². The zero-order valence-electron chi connectivity index (χ0n) is 19.8. The van der Waals surface area contributed by atoms with Gasteiger partial charge in [-0.15, -0.1) is 0 Å². The molecule has 1 atom stereocenters. The summed E-state index contributed by atoms with van der Waals surface area (Å²) < 4.78 is 7.28. The second-order valence-electron chi connectivity index (χ2n) is 8.22. The van der Waals surface area contributed by atoms with E-state index in [4.69, 9.17) is 9.84 Å². The summed E-state index contributed by atoms with van der Waals surface area (Å²) in [6.07, 6.45) is 1.70. The third kappa shape index (κ3) is 4.67. The van der Waals surface area contributed by atoms with Crippen molar-refractivity contribution in [3.05, 3.63) is 96.2 Å². The molecule has 1 aliphatic heterocycles. The summed E-state index contributed by atoms with van der Waals surface area (Å²) in [7, 11) is 3.88. The monoisotopic (exact) mass is 491 g/mol.